The van der Waals surface area contributed by atoms with Crippen molar-refractivity contribution >= 4 is 23.2 Å². The Bertz CT molecular complexity index is 654. The maximum atomic E-state index is 11.9. The standard InChI is InChI=1S/C20H25ClN2O2/c1-15(2)13-22-12-11-20(24)23-18-7-9-19(10-8-18)25-14-16-3-5-17(21)6-4-16/h3-10,15,22H,11-14H2,1-2H3,(H,23,24). The Morgan fingerprint density at radius 2 is 1.76 bits per heavy atom. The Morgan fingerprint density at radius 3 is 2.40 bits per heavy atom. The van der Waals surface area contributed by atoms with E-state index in [1.807, 2.05) is 48.5 Å². The summed E-state index contributed by atoms with van der Waals surface area (Å²) < 4.78 is 5.73. The predicted molar refractivity (Wildman–Crippen MR) is 103 cm³/mol. The molecule has 0 fully saturated rings. The smallest absolute Gasteiger partial charge is 0.225 e. The van der Waals surface area contributed by atoms with E-state index in [1.54, 1.807) is 0 Å². The first-order valence-corrected chi connectivity index (χ1v) is 8.88. The Morgan fingerprint density at radius 1 is 1.08 bits per heavy atom. The van der Waals surface area contributed by atoms with Crippen LogP contribution in [0.3, 0.4) is 0 Å². The molecular weight excluding hydrogens is 336 g/mol. The number of hydrogen-bond acceptors (Lipinski definition) is 3. The van der Waals surface area contributed by atoms with Gasteiger partial charge in [-0.2, -0.15) is 0 Å². The van der Waals surface area contributed by atoms with Gasteiger partial charge in [0.1, 0.15) is 12.4 Å². The topological polar surface area (TPSA) is 50.4 Å². The number of rotatable bonds is 9. The number of halogens is 1. The van der Waals surface area contributed by atoms with Gasteiger partial charge in [0, 0.05) is 23.7 Å². The summed E-state index contributed by atoms with van der Waals surface area (Å²) in [4.78, 5) is 11.9. The summed E-state index contributed by atoms with van der Waals surface area (Å²) in [5.74, 6) is 1.35. The lowest BCUT2D eigenvalue weighted by atomic mass is 10.2. The third-order valence-corrected chi connectivity index (χ3v) is 3.79. The summed E-state index contributed by atoms with van der Waals surface area (Å²) in [6, 6.07) is 14.9. The van der Waals surface area contributed by atoms with E-state index in [1.165, 1.54) is 0 Å². The SMILES string of the molecule is CC(C)CNCCC(=O)Nc1ccc(OCc2ccc(Cl)cc2)cc1. The molecule has 0 aliphatic heterocycles. The first kappa shape index (κ1) is 19.3. The van der Waals surface area contributed by atoms with Gasteiger partial charge in [0.15, 0.2) is 0 Å². The van der Waals surface area contributed by atoms with Crippen molar-refractivity contribution in [2.45, 2.75) is 26.9 Å². The van der Waals surface area contributed by atoms with Crippen molar-refractivity contribution in [3.63, 3.8) is 0 Å². The fourth-order valence-electron chi connectivity index (χ4n) is 2.20. The van der Waals surface area contributed by atoms with Gasteiger partial charge < -0.3 is 15.4 Å². The predicted octanol–water partition coefficient (Wildman–Crippen LogP) is 4.49. The van der Waals surface area contributed by atoms with Crippen LogP contribution in [0.2, 0.25) is 5.02 Å². The first-order valence-electron chi connectivity index (χ1n) is 8.51. The second-order valence-electron chi connectivity index (χ2n) is 6.34. The minimum Gasteiger partial charge on any atom is -0.489 e. The van der Waals surface area contributed by atoms with Crippen LogP contribution in [-0.4, -0.2) is 19.0 Å². The van der Waals surface area contributed by atoms with Crippen molar-refractivity contribution in [2.75, 3.05) is 18.4 Å². The molecule has 0 heterocycles. The summed E-state index contributed by atoms with van der Waals surface area (Å²) >= 11 is 5.86. The number of hydrogen-bond donors (Lipinski definition) is 2. The van der Waals surface area contributed by atoms with Crippen LogP contribution in [0.4, 0.5) is 5.69 Å². The van der Waals surface area contributed by atoms with Crippen molar-refractivity contribution < 1.29 is 9.53 Å². The van der Waals surface area contributed by atoms with Gasteiger partial charge in [0.25, 0.3) is 0 Å². The van der Waals surface area contributed by atoms with Crippen LogP contribution in [-0.2, 0) is 11.4 Å². The summed E-state index contributed by atoms with van der Waals surface area (Å²) in [6.07, 6.45) is 0.460. The van der Waals surface area contributed by atoms with E-state index >= 15 is 0 Å². The fourth-order valence-corrected chi connectivity index (χ4v) is 2.32. The molecule has 2 aromatic carbocycles. The summed E-state index contributed by atoms with van der Waals surface area (Å²) in [5.41, 5.74) is 1.82. The lowest BCUT2D eigenvalue weighted by Crippen LogP contribution is -2.24. The summed E-state index contributed by atoms with van der Waals surface area (Å²) in [6.45, 7) is 6.37. The number of carbonyl (C=O) groups is 1. The van der Waals surface area contributed by atoms with Gasteiger partial charge in [0.2, 0.25) is 5.91 Å². The highest BCUT2D eigenvalue weighted by atomic mass is 35.5. The van der Waals surface area contributed by atoms with Gasteiger partial charge >= 0.3 is 0 Å². The van der Waals surface area contributed by atoms with Gasteiger partial charge in [-0.25, -0.2) is 0 Å². The third kappa shape index (κ3) is 7.59. The molecule has 0 bridgehead atoms. The fraction of sp³-hybridized carbons (Fsp3) is 0.350. The molecule has 4 nitrogen and oxygen atoms in total. The number of nitrogens with one attached hydrogen (secondary N) is 2. The molecule has 2 aromatic rings. The lowest BCUT2D eigenvalue weighted by molar-refractivity contribution is -0.116. The molecule has 25 heavy (non-hydrogen) atoms. The molecule has 1 amide bonds. The molecule has 0 aromatic heterocycles. The first-order chi connectivity index (χ1) is 12.0. The van der Waals surface area contributed by atoms with E-state index < -0.39 is 0 Å². The minimum absolute atomic E-state index is 0.00564. The van der Waals surface area contributed by atoms with E-state index in [0.29, 0.717) is 30.5 Å². The maximum Gasteiger partial charge on any atom is 0.225 e. The number of ether oxygens (including phenoxy) is 1. The zero-order chi connectivity index (χ0) is 18.1. The normalized spacial score (nSPS) is 10.7. The van der Waals surface area contributed by atoms with Crippen molar-refractivity contribution in [3.8, 4) is 5.75 Å². The molecule has 2 N–H and O–H groups in total. The molecule has 134 valence electrons. The molecule has 2 rings (SSSR count). The van der Waals surface area contributed by atoms with E-state index in [9.17, 15) is 4.79 Å². The van der Waals surface area contributed by atoms with Crippen molar-refractivity contribution in [3.05, 3.63) is 59.1 Å². The quantitative estimate of drug-likeness (QED) is 0.647. The largest absolute Gasteiger partial charge is 0.489 e. The number of benzene rings is 2. The number of anilines is 1. The van der Waals surface area contributed by atoms with Gasteiger partial charge in [0.05, 0.1) is 0 Å². The van der Waals surface area contributed by atoms with Crippen LogP contribution in [0, 0.1) is 5.92 Å². The van der Waals surface area contributed by atoms with Crippen LogP contribution in [0.25, 0.3) is 0 Å². The van der Waals surface area contributed by atoms with Crippen LogP contribution in [0.5, 0.6) is 5.75 Å². The molecule has 0 unspecified atom stereocenters. The molecule has 0 spiro atoms. The zero-order valence-electron chi connectivity index (χ0n) is 14.7. The number of carbonyl (C=O) groups excluding carboxylic acids is 1. The minimum atomic E-state index is 0.00564. The van der Waals surface area contributed by atoms with Crippen molar-refractivity contribution in [2.24, 2.45) is 5.92 Å². The molecule has 0 radical (unpaired) electrons. The van der Waals surface area contributed by atoms with Gasteiger partial charge in [-0.15, -0.1) is 0 Å². The number of amides is 1. The Hall–Kier alpha value is -2.04. The monoisotopic (exact) mass is 360 g/mol. The molecule has 5 heteroatoms. The highest BCUT2D eigenvalue weighted by Gasteiger charge is 2.03. The van der Waals surface area contributed by atoms with E-state index in [4.69, 9.17) is 16.3 Å². The molecular formula is C20H25ClN2O2. The molecule has 0 saturated heterocycles. The van der Waals surface area contributed by atoms with E-state index in [0.717, 1.165) is 23.5 Å². The average Bonchev–Trinajstić information content (AvgIpc) is 2.59. The Labute approximate surface area is 154 Å². The maximum absolute atomic E-state index is 11.9. The average molecular weight is 361 g/mol. The van der Waals surface area contributed by atoms with Crippen LogP contribution in [0.1, 0.15) is 25.8 Å². The molecule has 0 saturated carbocycles. The second kappa shape index (κ2) is 10.1. The van der Waals surface area contributed by atoms with Crippen LogP contribution in [0.15, 0.2) is 48.5 Å². The highest BCUT2D eigenvalue weighted by Crippen LogP contribution is 2.18. The second-order valence-corrected chi connectivity index (χ2v) is 6.77. The van der Waals surface area contributed by atoms with E-state index in [2.05, 4.69) is 24.5 Å². The summed E-state index contributed by atoms with van der Waals surface area (Å²) in [5, 5.41) is 6.86. The zero-order valence-corrected chi connectivity index (χ0v) is 15.5. The summed E-state index contributed by atoms with van der Waals surface area (Å²) in [7, 11) is 0. The molecule has 0 atom stereocenters. The lowest BCUT2D eigenvalue weighted by Gasteiger charge is -2.09. The van der Waals surface area contributed by atoms with Crippen molar-refractivity contribution in [1.29, 1.82) is 0 Å². The highest BCUT2D eigenvalue weighted by molar-refractivity contribution is 6.30. The van der Waals surface area contributed by atoms with Gasteiger partial charge in [-0.3, -0.25) is 4.79 Å². The van der Waals surface area contributed by atoms with Gasteiger partial charge in [-0.05, 0) is 54.4 Å². The van der Waals surface area contributed by atoms with Crippen LogP contribution >= 0.6 is 11.6 Å². The van der Waals surface area contributed by atoms with Crippen LogP contribution < -0.4 is 15.4 Å². The van der Waals surface area contributed by atoms with E-state index in [-0.39, 0.29) is 5.91 Å². The van der Waals surface area contributed by atoms with Gasteiger partial charge in [-0.1, -0.05) is 37.6 Å². The Kier molecular flexibility index (Phi) is 7.76. The molecule has 0 aliphatic carbocycles. The third-order valence-electron chi connectivity index (χ3n) is 3.54. The van der Waals surface area contributed by atoms with Crippen molar-refractivity contribution in [1.82, 2.24) is 5.32 Å². The Balaban J connectivity index is 1.73. The molecule has 0 aliphatic rings.